The first kappa shape index (κ1) is 26.4. The number of anilines is 1. The second kappa shape index (κ2) is 9.50. The number of nitrogens with two attached hydrogens (primary N) is 1. The minimum Gasteiger partial charge on any atom is -0.330 e. The third kappa shape index (κ3) is 4.60. The smallest absolute Gasteiger partial charge is 0.301 e. The molecule has 1 aliphatic heterocycles. The number of aromatic nitrogens is 3. The van der Waals surface area contributed by atoms with Gasteiger partial charge in [-0.1, -0.05) is 11.6 Å². The zero-order valence-electron chi connectivity index (χ0n) is 20.0. The Balaban J connectivity index is 1.81. The first-order valence-corrected chi connectivity index (χ1v) is 14.8. The van der Waals surface area contributed by atoms with Gasteiger partial charge in [0.2, 0.25) is 10.0 Å². The molecular weight excluding hydrogens is 561 g/mol. The normalized spacial score (nSPS) is 15.5. The Kier molecular flexibility index (Phi) is 6.59. The third-order valence-corrected chi connectivity index (χ3v) is 9.38. The zero-order chi connectivity index (χ0) is 27.4. The molecule has 38 heavy (non-hydrogen) atoms. The lowest BCUT2D eigenvalue weighted by atomic mass is 10.1. The van der Waals surface area contributed by atoms with Crippen LogP contribution in [0.4, 0.5) is 10.1 Å². The Morgan fingerprint density at radius 1 is 1.29 bits per heavy atom. The van der Waals surface area contributed by atoms with Crippen LogP contribution in [-0.2, 0) is 26.8 Å². The van der Waals surface area contributed by atoms with Crippen LogP contribution in [-0.4, -0.2) is 62.9 Å². The Hall–Kier alpha value is -3.24. The van der Waals surface area contributed by atoms with Gasteiger partial charge in [0.15, 0.2) is 0 Å². The summed E-state index contributed by atoms with van der Waals surface area (Å²) in [5.41, 5.74) is 6.57. The molecule has 0 radical (unpaired) electrons. The van der Waals surface area contributed by atoms with Gasteiger partial charge in [-0.3, -0.25) is 14.2 Å². The van der Waals surface area contributed by atoms with Crippen molar-refractivity contribution < 1.29 is 26.0 Å². The van der Waals surface area contributed by atoms with E-state index in [1.807, 2.05) is 4.72 Å². The first-order valence-electron chi connectivity index (χ1n) is 11.4. The molecule has 2 aromatic heterocycles. The molecule has 1 aliphatic rings. The topological polar surface area (TPSA) is 172 Å². The summed E-state index contributed by atoms with van der Waals surface area (Å²) < 4.78 is 72.3. The summed E-state index contributed by atoms with van der Waals surface area (Å²) in [6, 6.07) is 5.96. The predicted octanol–water partition coefficient (Wildman–Crippen LogP) is 1.34. The van der Waals surface area contributed by atoms with Crippen molar-refractivity contribution in [3.63, 3.8) is 0 Å². The number of sulfonamides is 1. The number of amides is 1. The number of rotatable bonds is 7. The fourth-order valence-electron chi connectivity index (χ4n) is 4.51. The lowest BCUT2D eigenvalue weighted by Crippen LogP contribution is -2.37. The van der Waals surface area contributed by atoms with Crippen LogP contribution in [0.25, 0.3) is 21.8 Å². The predicted molar refractivity (Wildman–Crippen MR) is 141 cm³/mol. The summed E-state index contributed by atoms with van der Waals surface area (Å²) in [6.45, 7) is 1.18. The molecule has 16 heteroatoms. The summed E-state index contributed by atoms with van der Waals surface area (Å²) in [7, 11) is -8.22. The molecule has 0 aliphatic carbocycles. The van der Waals surface area contributed by atoms with Gasteiger partial charge in [0, 0.05) is 42.0 Å². The molecular formula is C22H23ClFN7O5S2. The van der Waals surface area contributed by atoms with Gasteiger partial charge in [0.05, 0.1) is 28.7 Å². The first-order chi connectivity index (χ1) is 17.9. The van der Waals surface area contributed by atoms with Crippen LogP contribution in [0.15, 0.2) is 30.5 Å². The molecule has 1 saturated heterocycles. The highest BCUT2D eigenvalue weighted by Gasteiger charge is 2.37. The molecule has 4 aromatic rings. The Bertz CT molecular complexity index is 1820. The minimum absolute atomic E-state index is 0.0323. The van der Waals surface area contributed by atoms with E-state index in [4.69, 9.17) is 17.3 Å². The van der Waals surface area contributed by atoms with E-state index in [2.05, 4.69) is 14.9 Å². The number of fused-ring (bicyclic) bond motifs is 2. The highest BCUT2D eigenvalue weighted by atomic mass is 35.5. The van der Waals surface area contributed by atoms with Crippen LogP contribution in [0.1, 0.15) is 21.6 Å². The van der Waals surface area contributed by atoms with Gasteiger partial charge < -0.3 is 10.3 Å². The molecule has 1 amide bonds. The van der Waals surface area contributed by atoms with Gasteiger partial charge in [-0.25, -0.2) is 17.5 Å². The SMILES string of the molecule is Cc1cc2c(N3CCNS3(=O)=O)c(C(=O)NS(=O)(=O)CCN)n(Cc3cc4cn[nH]c4cc3Cl)c2cc1F. The molecule has 0 unspecified atom stereocenters. The van der Waals surface area contributed by atoms with Crippen LogP contribution in [0.3, 0.4) is 0 Å². The quantitative estimate of drug-likeness (QED) is 0.254. The molecule has 5 rings (SSSR count). The Labute approximate surface area is 222 Å². The van der Waals surface area contributed by atoms with Crippen molar-refractivity contribution in [2.24, 2.45) is 5.73 Å². The molecule has 0 spiro atoms. The second-order valence-electron chi connectivity index (χ2n) is 8.81. The number of carbonyl (C=O) groups excluding carboxylic acids is 1. The molecule has 0 saturated carbocycles. The highest BCUT2D eigenvalue weighted by Crippen LogP contribution is 2.39. The summed E-state index contributed by atoms with van der Waals surface area (Å²) in [6.07, 6.45) is 1.58. The van der Waals surface area contributed by atoms with E-state index in [1.165, 1.54) is 23.6 Å². The number of nitrogens with one attached hydrogen (secondary N) is 3. The number of hydrogen-bond donors (Lipinski definition) is 4. The standard InChI is InChI=1S/C22H23ClFN7O5S2/c1-12-6-15-19(9-17(12)24)30(11-14-7-13-10-26-28-18(13)8-16(14)23)21(22(32)29-37(33,34)5-2-25)20(15)31-4-3-27-38(31,35)36/h6-10,27H,2-5,11,25H2,1H3,(H,26,28)(H,29,32). The zero-order valence-corrected chi connectivity index (χ0v) is 22.3. The van der Waals surface area contributed by atoms with E-state index in [0.717, 1.165) is 4.31 Å². The van der Waals surface area contributed by atoms with E-state index in [1.54, 1.807) is 18.3 Å². The largest absolute Gasteiger partial charge is 0.330 e. The van der Waals surface area contributed by atoms with Gasteiger partial charge in [-0.05, 0) is 42.3 Å². The fourth-order valence-corrected chi connectivity index (χ4v) is 6.79. The molecule has 0 atom stereocenters. The van der Waals surface area contributed by atoms with Crippen LogP contribution >= 0.6 is 11.6 Å². The molecule has 1 fully saturated rings. The highest BCUT2D eigenvalue weighted by molar-refractivity contribution is 7.91. The monoisotopic (exact) mass is 583 g/mol. The molecule has 5 N–H and O–H groups in total. The van der Waals surface area contributed by atoms with Crippen LogP contribution in [0.2, 0.25) is 5.02 Å². The van der Waals surface area contributed by atoms with Crippen molar-refractivity contribution in [3.05, 3.63) is 58.1 Å². The van der Waals surface area contributed by atoms with Crippen molar-refractivity contribution in [2.45, 2.75) is 13.5 Å². The van der Waals surface area contributed by atoms with Gasteiger partial charge in [-0.15, -0.1) is 0 Å². The van der Waals surface area contributed by atoms with Crippen LogP contribution in [0.5, 0.6) is 0 Å². The Morgan fingerprint density at radius 2 is 2.05 bits per heavy atom. The van der Waals surface area contributed by atoms with Crippen molar-refractivity contribution in [3.8, 4) is 0 Å². The summed E-state index contributed by atoms with van der Waals surface area (Å²) in [5.74, 6) is -2.22. The fraction of sp³-hybridized carbons (Fsp3) is 0.273. The average molecular weight is 584 g/mol. The molecule has 3 heterocycles. The van der Waals surface area contributed by atoms with Crippen LogP contribution < -0.4 is 19.5 Å². The van der Waals surface area contributed by atoms with E-state index in [9.17, 15) is 26.0 Å². The molecule has 202 valence electrons. The lowest BCUT2D eigenvalue weighted by molar-refractivity contribution is 0.0974. The van der Waals surface area contributed by atoms with Crippen molar-refractivity contribution in [1.82, 2.24) is 24.2 Å². The number of carbonyl (C=O) groups is 1. The number of halogens is 2. The van der Waals surface area contributed by atoms with E-state index in [0.29, 0.717) is 21.5 Å². The number of aryl methyl sites for hydroxylation is 1. The molecule has 2 aromatic carbocycles. The average Bonchev–Trinajstić information content (AvgIpc) is 3.49. The van der Waals surface area contributed by atoms with E-state index >= 15 is 0 Å². The van der Waals surface area contributed by atoms with E-state index < -0.39 is 37.7 Å². The van der Waals surface area contributed by atoms with E-state index in [-0.39, 0.29) is 54.0 Å². The number of nitrogens with zero attached hydrogens (tertiary/aromatic N) is 3. The Morgan fingerprint density at radius 3 is 2.74 bits per heavy atom. The maximum atomic E-state index is 14.8. The van der Waals surface area contributed by atoms with Gasteiger partial charge in [0.25, 0.3) is 5.91 Å². The van der Waals surface area contributed by atoms with Crippen molar-refractivity contribution in [1.29, 1.82) is 0 Å². The number of aromatic amines is 1. The molecule has 12 nitrogen and oxygen atoms in total. The number of hydrogen-bond acceptors (Lipinski definition) is 7. The van der Waals surface area contributed by atoms with Crippen molar-refractivity contribution >= 4 is 65.2 Å². The minimum atomic E-state index is -4.15. The van der Waals surface area contributed by atoms with Crippen LogP contribution in [0, 0.1) is 12.7 Å². The second-order valence-corrected chi connectivity index (χ2v) is 12.7. The maximum absolute atomic E-state index is 14.8. The number of H-pyrrole nitrogens is 1. The third-order valence-electron chi connectivity index (χ3n) is 6.24. The lowest BCUT2D eigenvalue weighted by Gasteiger charge is -2.19. The summed E-state index contributed by atoms with van der Waals surface area (Å²) >= 11 is 6.51. The van der Waals surface area contributed by atoms with Gasteiger partial charge >= 0.3 is 10.2 Å². The van der Waals surface area contributed by atoms with Gasteiger partial charge in [0.1, 0.15) is 11.5 Å². The summed E-state index contributed by atoms with van der Waals surface area (Å²) in [5, 5.41) is 8.04. The van der Waals surface area contributed by atoms with Crippen molar-refractivity contribution in [2.75, 3.05) is 29.7 Å². The summed E-state index contributed by atoms with van der Waals surface area (Å²) in [4.78, 5) is 13.6. The number of benzene rings is 2. The molecule has 0 bridgehead atoms. The van der Waals surface area contributed by atoms with Gasteiger partial charge in [-0.2, -0.15) is 18.2 Å². The maximum Gasteiger partial charge on any atom is 0.301 e.